The van der Waals surface area contributed by atoms with E-state index in [-0.39, 0.29) is 0 Å². The average Bonchev–Trinajstić information content (AvgIpc) is 2.90. The zero-order chi connectivity index (χ0) is 14.1. The molecule has 3 rings (SSSR count). The number of hydrogen-bond donors (Lipinski definition) is 1. The van der Waals surface area contributed by atoms with Gasteiger partial charge in [-0.2, -0.15) is 0 Å². The van der Waals surface area contributed by atoms with Crippen LogP contribution in [0.5, 0.6) is 0 Å². The number of rotatable bonds is 4. The van der Waals surface area contributed by atoms with E-state index < -0.39 is 0 Å². The summed E-state index contributed by atoms with van der Waals surface area (Å²) in [5, 5.41) is 3.62. The molecule has 0 saturated carbocycles. The van der Waals surface area contributed by atoms with Gasteiger partial charge in [0.1, 0.15) is 5.82 Å². The van der Waals surface area contributed by atoms with Crippen LogP contribution < -0.4 is 5.32 Å². The summed E-state index contributed by atoms with van der Waals surface area (Å²) in [4.78, 5) is 4.60. The van der Waals surface area contributed by atoms with Crippen molar-refractivity contribution in [2.45, 2.75) is 52.0 Å². The molecule has 0 aliphatic carbocycles. The monoisotopic (exact) mass is 273 g/mol. The second kappa shape index (κ2) is 5.54. The maximum atomic E-state index is 5.77. The molecule has 1 aromatic heterocycles. The predicted octanol–water partition coefficient (Wildman–Crippen LogP) is 2.50. The summed E-state index contributed by atoms with van der Waals surface area (Å²) in [5.41, 5.74) is 2.30. The fraction of sp³-hybridized carbons (Fsp3) is 0.562. The highest BCUT2D eigenvalue weighted by Gasteiger charge is 2.28. The van der Waals surface area contributed by atoms with E-state index in [1.165, 1.54) is 5.52 Å². The summed E-state index contributed by atoms with van der Waals surface area (Å²) in [7, 11) is 0. The minimum atomic E-state index is 0.311. The van der Waals surface area contributed by atoms with Crippen molar-refractivity contribution in [2.24, 2.45) is 0 Å². The van der Waals surface area contributed by atoms with Gasteiger partial charge in [-0.3, -0.25) is 0 Å². The van der Waals surface area contributed by atoms with Crippen LogP contribution >= 0.6 is 0 Å². The lowest BCUT2D eigenvalue weighted by Gasteiger charge is -2.16. The van der Waals surface area contributed by atoms with Crippen molar-refractivity contribution < 1.29 is 4.74 Å². The van der Waals surface area contributed by atoms with E-state index in [0.717, 1.165) is 30.9 Å². The zero-order valence-electron chi connectivity index (χ0n) is 12.5. The van der Waals surface area contributed by atoms with Crippen molar-refractivity contribution in [1.82, 2.24) is 14.9 Å². The lowest BCUT2D eigenvalue weighted by Crippen LogP contribution is -2.36. The van der Waals surface area contributed by atoms with Crippen molar-refractivity contribution in [3.63, 3.8) is 0 Å². The Bertz CT molecular complexity index is 592. The van der Waals surface area contributed by atoms with E-state index in [4.69, 9.17) is 4.74 Å². The van der Waals surface area contributed by atoms with Gasteiger partial charge in [0.15, 0.2) is 0 Å². The summed E-state index contributed by atoms with van der Waals surface area (Å²) in [6.45, 7) is 8.27. The second-order valence-corrected chi connectivity index (χ2v) is 5.75. The van der Waals surface area contributed by atoms with Crippen molar-refractivity contribution in [2.75, 3.05) is 6.54 Å². The topological polar surface area (TPSA) is 39.1 Å². The molecular weight excluding hydrogens is 250 g/mol. The molecular formula is C16H23N3O. The number of hydrogen-bond acceptors (Lipinski definition) is 3. The lowest BCUT2D eigenvalue weighted by molar-refractivity contribution is 0.0606. The molecule has 1 saturated heterocycles. The highest BCUT2D eigenvalue weighted by atomic mass is 16.5. The van der Waals surface area contributed by atoms with E-state index >= 15 is 0 Å². The van der Waals surface area contributed by atoms with Gasteiger partial charge < -0.3 is 14.6 Å². The first-order valence-corrected chi connectivity index (χ1v) is 7.46. The number of para-hydroxylation sites is 2. The summed E-state index contributed by atoms with van der Waals surface area (Å²) < 4.78 is 8.06. The van der Waals surface area contributed by atoms with Gasteiger partial charge in [-0.25, -0.2) is 4.98 Å². The summed E-state index contributed by atoms with van der Waals surface area (Å²) in [6, 6.07) is 8.79. The molecule has 3 unspecified atom stereocenters. The minimum Gasteiger partial charge on any atom is -0.374 e. The fourth-order valence-corrected chi connectivity index (χ4v) is 3.16. The molecule has 1 N–H and O–H groups in total. The first-order valence-electron chi connectivity index (χ1n) is 7.46. The molecule has 0 radical (unpaired) electrons. The number of aromatic nitrogens is 2. The highest BCUT2D eigenvalue weighted by Crippen LogP contribution is 2.19. The Kier molecular flexibility index (Phi) is 3.76. The summed E-state index contributed by atoms with van der Waals surface area (Å²) in [6.07, 6.45) is 1.79. The SMILES string of the molecule is Cc1nc2ccccc2n1CCNC1CC(C)OC1C. The van der Waals surface area contributed by atoms with Gasteiger partial charge in [0, 0.05) is 19.1 Å². The molecule has 4 heteroatoms. The number of imidazole rings is 1. The fourth-order valence-electron chi connectivity index (χ4n) is 3.16. The highest BCUT2D eigenvalue weighted by molar-refractivity contribution is 5.75. The average molecular weight is 273 g/mol. The van der Waals surface area contributed by atoms with Crippen LogP contribution in [0.15, 0.2) is 24.3 Å². The largest absolute Gasteiger partial charge is 0.374 e. The van der Waals surface area contributed by atoms with Gasteiger partial charge in [0.25, 0.3) is 0 Å². The van der Waals surface area contributed by atoms with Crippen LogP contribution in [0, 0.1) is 6.92 Å². The standard InChI is InChI=1S/C16H23N3O/c1-11-10-15(12(2)20-11)17-8-9-19-13(3)18-14-6-4-5-7-16(14)19/h4-7,11-12,15,17H,8-10H2,1-3H3. The molecule has 0 amide bonds. The van der Waals surface area contributed by atoms with Crippen LogP contribution in [0.1, 0.15) is 26.1 Å². The van der Waals surface area contributed by atoms with Crippen LogP contribution in [0.3, 0.4) is 0 Å². The number of ether oxygens (including phenoxy) is 1. The van der Waals surface area contributed by atoms with Gasteiger partial charge in [-0.05, 0) is 39.3 Å². The quantitative estimate of drug-likeness (QED) is 0.930. The lowest BCUT2D eigenvalue weighted by atomic mass is 10.1. The summed E-state index contributed by atoms with van der Waals surface area (Å²) in [5.74, 6) is 1.08. The molecule has 2 aromatic rings. The van der Waals surface area contributed by atoms with Gasteiger partial charge in [-0.1, -0.05) is 12.1 Å². The van der Waals surface area contributed by atoms with Crippen LogP contribution in [-0.2, 0) is 11.3 Å². The molecule has 1 aromatic carbocycles. The van der Waals surface area contributed by atoms with Gasteiger partial charge in [0.2, 0.25) is 0 Å². The molecule has 0 bridgehead atoms. The number of nitrogens with zero attached hydrogens (tertiary/aromatic N) is 2. The summed E-state index contributed by atoms with van der Waals surface area (Å²) >= 11 is 0. The third-order valence-electron chi connectivity index (χ3n) is 4.19. The Labute approximate surface area is 120 Å². The maximum Gasteiger partial charge on any atom is 0.106 e. The molecule has 108 valence electrons. The first-order chi connectivity index (χ1) is 9.65. The molecule has 2 heterocycles. The molecule has 3 atom stereocenters. The number of fused-ring (bicyclic) bond motifs is 1. The van der Waals surface area contributed by atoms with E-state index in [9.17, 15) is 0 Å². The van der Waals surface area contributed by atoms with E-state index in [1.807, 2.05) is 6.07 Å². The van der Waals surface area contributed by atoms with E-state index in [1.54, 1.807) is 0 Å². The second-order valence-electron chi connectivity index (χ2n) is 5.75. The van der Waals surface area contributed by atoms with Crippen molar-refractivity contribution in [3.05, 3.63) is 30.1 Å². The third kappa shape index (κ3) is 2.58. The van der Waals surface area contributed by atoms with Crippen LogP contribution in [0.25, 0.3) is 11.0 Å². The van der Waals surface area contributed by atoms with Crippen LogP contribution in [0.2, 0.25) is 0 Å². The zero-order valence-corrected chi connectivity index (χ0v) is 12.5. The van der Waals surface area contributed by atoms with Crippen molar-refractivity contribution in [1.29, 1.82) is 0 Å². The Morgan fingerprint density at radius 2 is 2.15 bits per heavy atom. The Morgan fingerprint density at radius 1 is 1.35 bits per heavy atom. The van der Waals surface area contributed by atoms with E-state index in [2.05, 4.69) is 53.8 Å². The first kappa shape index (κ1) is 13.6. The molecule has 20 heavy (non-hydrogen) atoms. The number of aryl methyl sites for hydroxylation is 1. The number of nitrogens with one attached hydrogen (secondary N) is 1. The molecule has 0 spiro atoms. The van der Waals surface area contributed by atoms with Crippen molar-refractivity contribution in [3.8, 4) is 0 Å². The number of benzene rings is 1. The van der Waals surface area contributed by atoms with Gasteiger partial charge >= 0.3 is 0 Å². The Balaban J connectivity index is 1.64. The Morgan fingerprint density at radius 3 is 2.90 bits per heavy atom. The van der Waals surface area contributed by atoms with E-state index in [0.29, 0.717) is 18.2 Å². The smallest absolute Gasteiger partial charge is 0.106 e. The molecule has 4 nitrogen and oxygen atoms in total. The van der Waals surface area contributed by atoms with Crippen molar-refractivity contribution >= 4 is 11.0 Å². The van der Waals surface area contributed by atoms with Gasteiger partial charge in [0.05, 0.1) is 23.2 Å². The van der Waals surface area contributed by atoms with Crippen LogP contribution in [-0.4, -0.2) is 34.3 Å². The molecule has 1 fully saturated rings. The maximum absolute atomic E-state index is 5.77. The molecule has 1 aliphatic heterocycles. The Hall–Kier alpha value is -1.39. The third-order valence-corrected chi connectivity index (χ3v) is 4.19. The van der Waals surface area contributed by atoms with Gasteiger partial charge in [-0.15, -0.1) is 0 Å². The minimum absolute atomic E-state index is 0.311. The normalized spacial score (nSPS) is 26.4. The molecule has 1 aliphatic rings. The predicted molar refractivity (Wildman–Crippen MR) is 80.9 cm³/mol. The van der Waals surface area contributed by atoms with Crippen LogP contribution in [0.4, 0.5) is 0 Å².